The van der Waals surface area contributed by atoms with Gasteiger partial charge in [-0.3, -0.25) is 9.59 Å². The molecular weight excluding hydrogens is 369 g/mol. The molecular formula is C12H10Br2FNO2. The maximum Gasteiger partial charge on any atom is 0.299 e. The summed E-state index contributed by atoms with van der Waals surface area (Å²) in [6.07, 6.45) is 1.66. The molecule has 0 saturated carbocycles. The normalized spacial score (nSPS) is 14.3. The van der Waals surface area contributed by atoms with Crippen LogP contribution in [0.15, 0.2) is 16.6 Å². The standard InChI is InChI=1S/C12H10Br2FNO2/c13-3-1-2-4-16-10-6-9(15)8(14)5-7(10)11(17)12(16)18/h5-6H,1-4H2. The van der Waals surface area contributed by atoms with Crippen LogP contribution in [0.5, 0.6) is 0 Å². The lowest BCUT2D eigenvalue weighted by molar-refractivity contribution is -0.114. The van der Waals surface area contributed by atoms with E-state index in [1.54, 1.807) is 0 Å². The molecule has 0 radical (unpaired) electrons. The lowest BCUT2D eigenvalue weighted by Gasteiger charge is -2.16. The van der Waals surface area contributed by atoms with Gasteiger partial charge in [-0.25, -0.2) is 4.39 Å². The van der Waals surface area contributed by atoms with Crippen LogP contribution in [-0.4, -0.2) is 23.6 Å². The summed E-state index contributed by atoms with van der Waals surface area (Å²) in [5, 5.41) is 0.838. The van der Waals surface area contributed by atoms with Gasteiger partial charge >= 0.3 is 0 Å². The topological polar surface area (TPSA) is 37.4 Å². The Hall–Kier alpha value is -0.750. The van der Waals surface area contributed by atoms with Gasteiger partial charge in [0.1, 0.15) is 5.82 Å². The third kappa shape index (κ3) is 2.36. The molecule has 0 aliphatic carbocycles. The molecule has 1 aliphatic rings. The minimum atomic E-state index is -0.572. The smallest absolute Gasteiger partial charge is 0.299 e. The molecule has 0 unspecified atom stereocenters. The van der Waals surface area contributed by atoms with Crippen LogP contribution in [0.1, 0.15) is 23.2 Å². The van der Waals surface area contributed by atoms with Gasteiger partial charge in [-0.2, -0.15) is 0 Å². The van der Waals surface area contributed by atoms with E-state index in [0.717, 1.165) is 18.2 Å². The zero-order valence-corrected chi connectivity index (χ0v) is 12.6. The molecule has 0 bridgehead atoms. The largest absolute Gasteiger partial charge is 0.305 e. The average Bonchev–Trinajstić information content (AvgIpc) is 2.56. The monoisotopic (exact) mass is 377 g/mol. The highest BCUT2D eigenvalue weighted by Gasteiger charge is 2.36. The number of alkyl halides is 1. The number of carbonyl (C=O) groups excluding carboxylic acids is 2. The minimum absolute atomic E-state index is 0.199. The second kappa shape index (κ2) is 5.48. The number of ketones is 1. The number of rotatable bonds is 4. The first kappa shape index (κ1) is 13.7. The number of Topliss-reactive ketones (excluding diaryl/α,β-unsaturated/α-hetero) is 1. The third-order valence-electron chi connectivity index (χ3n) is 2.78. The molecule has 2 rings (SSSR count). The highest BCUT2D eigenvalue weighted by Crippen LogP contribution is 2.33. The van der Waals surface area contributed by atoms with Gasteiger partial charge in [-0.05, 0) is 40.9 Å². The first-order valence-corrected chi connectivity index (χ1v) is 7.39. The van der Waals surface area contributed by atoms with Crippen molar-refractivity contribution in [3.05, 3.63) is 28.0 Å². The fourth-order valence-electron chi connectivity index (χ4n) is 1.88. The van der Waals surface area contributed by atoms with Crippen molar-refractivity contribution < 1.29 is 14.0 Å². The van der Waals surface area contributed by atoms with Crippen molar-refractivity contribution in [2.75, 3.05) is 16.8 Å². The van der Waals surface area contributed by atoms with Crippen LogP contribution in [-0.2, 0) is 4.79 Å². The van der Waals surface area contributed by atoms with E-state index in [9.17, 15) is 14.0 Å². The third-order valence-corrected chi connectivity index (χ3v) is 3.95. The number of halogens is 3. The van der Waals surface area contributed by atoms with Crippen molar-refractivity contribution in [3.63, 3.8) is 0 Å². The number of fused-ring (bicyclic) bond motifs is 1. The Bertz CT molecular complexity index is 519. The summed E-state index contributed by atoms with van der Waals surface area (Å²) < 4.78 is 13.7. The van der Waals surface area contributed by atoms with Gasteiger partial charge in [0.15, 0.2) is 0 Å². The van der Waals surface area contributed by atoms with Crippen molar-refractivity contribution in [1.82, 2.24) is 0 Å². The summed E-state index contributed by atoms with van der Waals surface area (Å²) in [5.74, 6) is -1.61. The second-order valence-electron chi connectivity index (χ2n) is 3.97. The van der Waals surface area contributed by atoms with Crippen LogP contribution in [0.4, 0.5) is 10.1 Å². The van der Waals surface area contributed by atoms with Gasteiger partial charge < -0.3 is 4.90 Å². The quantitative estimate of drug-likeness (QED) is 0.458. The molecule has 1 amide bonds. The molecule has 0 N–H and O–H groups in total. The molecule has 0 aromatic heterocycles. The Kier molecular flexibility index (Phi) is 4.17. The van der Waals surface area contributed by atoms with E-state index in [1.165, 1.54) is 17.0 Å². The molecule has 18 heavy (non-hydrogen) atoms. The minimum Gasteiger partial charge on any atom is -0.305 e. The molecule has 96 valence electrons. The summed E-state index contributed by atoms with van der Waals surface area (Å²) >= 11 is 6.32. The maximum atomic E-state index is 13.5. The van der Waals surface area contributed by atoms with Gasteiger partial charge in [0, 0.05) is 11.9 Å². The van der Waals surface area contributed by atoms with Crippen LogP contribution < -0.4 is 4.90 Å². The summed E-state index contributed by atoms with van der Waals surface area (Å²) in [7, 11) is 0. The number of hydrogen-bond donors (Lipinski definition) is 0. The van der Waals surface area contributed by atoms with E-state index in [1.807, 2.05) is 0 Å². The molecule has 1 aromatic rings. The molecule has 0 spiro atoms. The van der Waals surface area contributed by atoms with Gasteiger partial charge in [-0.1, -0.05) is 15.9 Å². The Balaban J connectivity index is 2.33. The van der Waals surface area contributed by atoms with E-state index >= 15 is 0 Å². The number of anilines is 1. The Morgan fingerprint density at radius 3 is 2.61 bits per heavy atom. The van der Waals surface area contributed by atoms with Crippen LogP contribution >= 0.6 is 31.9 Å². The molecule has 0 fully saturated rings. The number of hydrogen-bond acceptors (Lipinski definition) is 2. The predicted octanol–water partition coefficient (Wildman–Crippen LogP) is 3.29. The summed E-state index contributed by atoms with van der Waals surface area (Å²) in [4.78, 5) is 24.9. The van der Waals surface area contributed by atoms with Crippen molar-refractivity contribution in [2.24, 2.45) is 0 Å². The summed E-state index contributed by atoms with van der Waals surface area (Å²) in [6.45, 7) is 0.435. The summed E-state index contributed by atoms with van der Waals surface area (Å²) in [6, 6.07) is 2.60. The Morgan fingerprint density at radius 1 is 1.22 bits per heavy atom. The van der Waals surface area contributed by atoms with Crippen LogP contribution in [0.2, 0.25) is 0 Å². The average molecular weight is 379 g/mol. The lowest BCUT2D eigenvalue weighted by Crippen LogP contribution is -2.30. The molecule has 1 aliphatic heterocycles. The van der Waals surface area contributed by atoms with Crippen molar-refractivity contribution in [2.45, 2.75) is 12.8 Å². The van der Waals surface area contributed by atoms with E-state index in [2.05, 4.69) is 31.9 Å². The van der Waals surface area contributed by atoms with Gasteiger partial charge in [0.2, 0.25) is 0 Å². The fraction of sp³-hybridized carbons (Fsp3) is 0.333. The van der Waals surface area contributed by atoms with Gasteiger partial charge in [0.25, 0.3) is 11.7 Å². The number of amides is 1. The molecule has 1 aromatic carbocycles. The molecule has 3 nitrogen and oxygen atoms in total. The van der Waals surface area contributed by atoms with Crippen molar-refractivity contribution in [1.29, 1.82) is 0 Å². The maximum absolute atomic E-state index is 13.5. The van der Waals surface area contributed by atoms with Gasteiger partial charge in [0.05, 0.1) is 15.7 Å². The van der Waals surface area contributed by atoms with Crippen LogP contribution in [0, 0.1) is 5.82 Å². The fourth-order valence-corrected chi connectivity index (χ4v) is 2.61. The SMILES string of the molecule is O=C1C(=O)N(CCCCBr)c2cc(F)c(Br)cc21. The van der Waals surface area contributed by atoms with E-state index in [-0.39, 0.29) is 10.0 Å². The highest BCUT2D eigenvalue weighted by molar-refractivity contribution is 9.10. The van der Waals surface area contributed by atoms with Gasteiger partial charge in [-0.15, -0.1) is 0 Å². The number of nitrogens with zero attached hydrogens (tertiary/aromatic N) is 1. The van der Waals surface area contributed by atoms with Crippen LogP contribution in [0.3, 0.4) is 0 Å². The predicted molar refractivity (Wildman–Crippen MR) is 73.8 cm³/mol. The highest BCUT2D eigenvalue weighted by atomic mass is 79.9. The number of carbonyl (C=O) groups is 2. The number of benzene rings is 1. The van der Waals surface area contributed by atoms with Crippen molar-refractivity contribution >= 4 is 49.2 Å². The molecule has 6 heteroatoms. The molecule has 1 heterocycles. The first-order valence-electron chi connectivity index (χ1n) is 5.47. The molecule has 0 atom stereocenters. The van der Waals surface area contributed by atoms with Crippen molar-refractivity contribution in [3.8, 4) is 0 Å². The van der Waals surface area contributed by atoms with E-state index in [4.69, 9.17) is 0 Å². The Labute approximate surface area is 121 Å². The Morgan fingerprint density at radius 2 is 1.94 bits per heavy atom. The van der Waals surface area contributed by atoms with Crippen LogP contribution in [0.25, 0.3) is 0 Å². The number of unbranched alkanes of at least 4 members (excludes halogenated alkanes) is 1. The molecule has 0 saturated heterocycles. The lowest BCUT2D eigenvalue weighted by atomic mass is 10.1. The summed E-state index contributed by atoms with van der Waals surface area (Å²) in [5.41, 5.74) is 0.646. The van der Waals surface area contributed by atoms with E-state index in [0.29, 0.717) is 12.2 Å². The first-order chi connectivity index (χ1) is 8.56. The zero-order valence-electron chi connectivity index (χ0n) is 9.38. The zero-order chi connectivity index (χ0) is 13.3. The second-order valence-corrected chi connectivity index (χ2v) is 5.61. The van der Waals surface area contributed by atoms with E-state index < -0.39 is 17.5 Å².